The van der Waals surface area contributed by atoms with Gasteiger partial charge in [-0.05, 0) is 43.0 Å². The summed E-state index contributed by atoms with van der Waals surface area (Å²) in [6.07, 6.45) is 3.36. The number of amides is 1. The van der Waals surface area contributed by atoms with Crippen LogP contribution in [0.25, 0.3) is 0 Å². The Morgan fingerprint density at radius 2 is 2.17 bits per heavy atom. The van der Waals surface area contributed by atoms with E-state index in [0.29, 0.717) is 28.7 Å². The Hall–Kier alpha value is -2.91. The first-order chi connectivity index (χ1) is 14.1. The number of aryl methyl sites for hydroxylation is 2. The molecule has 0 saturated carbocycles. The highest BCUT2D eigenvalue weighted by molar-refractivity contribution is 7.98. The second kappa shape index (κ2) is 8.62. The Kier molecular flexibility index (Phi) is 5.77. The van der Waals surface area contributed by atoms with Gasteiger partial charge in [0.25, 0.3) is 5.91 Å². The molecule has 0 spiro atoms. The Bertz CT molecular complexity index is 1130. The molecular formula is C20H19N5O2S2. The summed E-state index contributed by atoms with van der Waals surface area (Å²) in [5.74, 6) is 1.76. The molecule has 4 rings (SSSR count). The van der Waals surface area contributed by atoms with Crippen LogP contribution in [0.5, 0.6) is 0 Å². The lowest BCUT2D eigenvalue weighted by molar-refractivity contribution is 0.102. The lowest BCUT2D eigenvalue weighted by Gasteiger charge is -2.10. The van der Waals surface area contributed by atoms with Crippen LogP contribution in [0.2, 0.25) is 0 Å². The van der Waals surface area contributed by atoms with Crippen LogP contribution in [0.3, 0.4) is 0 Å². The Labute approximate surface area is 176 Å². The molecule has 0 atom stereocenters. The number of nitrogens with one attached hydrogen (secondary N) is 1. The van der Waals surface area contributed by atoms with Crippen LogP contribution < -0.4 is 5.32 Å². The molecule has 0 unspecified atom stereocenters. The zero-order valence-corrected chi connectivity index (χ0v) is 17.6. The van der Waals surface area contributed by atoms with Crippen molar-refractivity contribution in [1.29, 1.82) is 0 Å². The van der Waals surface area contributed by atoms with Crippen molar-refractivity contribution in [3.05, 3.63) is 75.6 Å². The molecule has 0 aliphatic carbocycles. The molecule has 0 fully saturated rings. The first-order valence-corrected chi connectivity index (χ1v) is 10.8. The van der Waals surface area contributed by atoms with Gasteiger partial charge in [0.1, 0.15) is 16.6 Å². The molecule has 0 saturated heterocycles. The first kappa shape index (κ1) is 19.4. The Morgan fingerprint density at radius 3 is 2.93 bits per heavy atom. The van der Waals surface area contributed by atoms with Gasteiger partial charge in [-0.3, -0.25) is 4.79 Å². The van der Waals surface area contributed by atoms with Gasteiger partial charge in [-0.15, -0.1) is 11.3 Å². The Balaban J connectivity index is 1.48. The van der Waals surface area contributed by atoms with E-state index in [2.05, 4.69) is 38.9 Å². The maximum atomic E-state index is 12.9. The van der Waals surface area contributed by atoms with E-state index in [4.69, 9.17) is 4.52 Å². The summed E-state index contributed by atoms with van der Waals surface area (Å²) < 4.78 is 6.88. The normalized spacial score (nSPS) is 11.0. The van der Waals surface area contributed by atoms with E-state index in [0.717, 1.165) is 11.5 Å². The molecule has 4 heterocycles. The molecule has 0 aliphatic heterocycles. The molecule has 0 radical (unpaired) electrons. The Morgan fingerprint density at radius 1 is 1.28 bits per heavy atom. The monoisotopic (exact) mass is 425 g/mol. The van der Waals surface area contributed by atoms with E-state index in [1.54, 1.807) is 46.6 Å². The molecule has 9 heteroatoms. The molecule has 0 aromatic carbocycles. The second-order valence-corrected chi connectivity index (χ2v) is 8.39. The van der Waals surface area contributed by atoms with E-state index >= 15 is 0 Å². The van der Waals surface area contributed by atoms with Crippen molar-refractivity contribution in [2.75, 3.05) is 5.32 Å². The van der Waals surface area contributed by atoms with Crippen molar-refractivity contribution < 1.29 is 9.32 Å². The summed E-state index contributed by atoms with van der Waals surface area (Å²) in [5, 5.41) is 14.0. The first-order valence-electron chi connectivity index (χ1n) is 8.96. The number of hydrogen-bond donors (Lipinski definition) is 1. The van der Waals surface area contributed by atoms with Crippen LogP contribution in [-0.2, 0) is 12.3 Å². The van der Waals surface area contributed by atoms with E-state index in [-0.39, 0.29) is 5.91 Å². The third kappa shape index (κ3) is 4.57. The smallest absolute Gasteiger partial charge is 0.259 e. The molecule has 148 valence electrons. The minimum absolute atomic E-state index is 0.221. The van der Waals surface area contributed by atoms with E-state index in [1.165, 1.54) is 22.2 Å². The average Bonchev–Trinajstić information content (AvgIpc) is 3.44. The third-order valence-electron chi connectivity index (χ3n) is 4.27. The van der Waals surface area contributed by atoms with Crippen molar-refractivity contribution in [3.63, 3.8) is 0 Å². The van der Waals surface area contributed by atoms with Crippen LogP contribution >= 0.6 is 23.1 Å². The number of pyridine rings is 1. The SMILES string of the molecule is Cc1cc(CSc2ncccc2C(=O)Nc2ccnn2Cc2sccc2C)no1. The van der Waals surface area contributed by atoms with Gasteiger partial charge in [0, 0.05) is 29.0 Å². The van der Waals surface area contributed by atoms with Gasteiger partial charge >= 0.3 is 0 Å². The molecule has 7 nitrogen and oxygen atoms in total. The van der Waals surface area contributed by atoms with Crippen molar-refractivity contribution >= 4 is 34.8 Å². The summed E-state index contributed by atoms with van der Waals surface area (Å²) in [6.45, 7) is 4.54. The average molecular weight is 426 g/mol. The van der Waals surface area contributed by atoms with E-state index in [9.17, 15) is 4.79 Å². The van der Waals surface area contributed by atoms with E-state index < -0.39 is 0 Å². The lowest BCUT2D eigenvalue weighted by Crippen LogP contribution is -2.17. The fraction of sp³-hybridized carbons (Fsp3) is 0.200. The molecule has 1 N–H and O–H groups in total. The molecule has 4 aromatic rings. The zero-order valence-electron chi connectivity index (χ0n) is 16.0. The lowest BCUT2D eigenvalue weighted by atomic mass is 10.2. The molecule has 4 aromatic heterocycles. The van der Waals surface area contributed by atoms with Crippen LogP contribution in [0.15, 0.2) is 57.7 Å². The number of thiophene rings is 1. The van der Waals surface area contributed by atoms with Gasteiger partial charge < -0.3 is 9.84 Å². The number of carbonyl (C=O) groups is 1. The number of hydrogen-bond acceptors (Lipinski definition) is 7. The van der Waals surface area contributed by atoms with Crippen LogP contribution in [0, 0.1) is 13.8 Å². The number of thioether (sulfide) groups is 1. The summed E-state index contributed by atoms with van der Waals surface area (Å²) in [7, 11) is 0. The number of rotatable bonds is 7. The summed E-state index contributed by atoms with van der Waals surface area (Å²) in [5.41, 5.74) is 2.54. The van der Waals surface area contributed by atoms with Gasteiger partial charge in [0.2, 0.25) is 0 Å². The van der Waals surface area contributed by atoms with Crippen molar-refractivity contribution in [3.8, 4) is 0 Å². The van der Waals surface area contributed by atoms with Crippen LogP contribution in [0.1, 0.15) is 32.3 Å². The molecule has 29 heavy (non-hydrogen) atoms. The predicted octanol–water partition coefficient (Wildman–Crippen LogP) is 4.54. The quantitative estimate of drug-likeness (QED) is 0.438. The highest BCUT2D eigenvalue weighted by Crippen LogP contribution is 2.25. The zero-order chi connectivity index (χ0) is 20.2. The number of carbonyl (C=O) groups excluding carboxylic acids is 1. The van der Waals surface area contributed by atoms with Crippen molar-refractivity contribution in [2.24, 2.45) is 0 Å². The number of nitrogens with zero attached hydrogens (tertiary/aromatic N) is 4. The van der Waals surface area contributed by atoms with E-state index in [1.807, 2.05) is 13.0 Å². The minimum atomic E-state index is -0.221. The minimum Gasteiger partial charge on any atom is -0.361 e. The predicted molar refractivity (Wildman–Crippen MR) is 113 cm³/mol. The van der Waals surface area contributed by atoms with Gasteiger partial charge in [0.15, 0.2) is 0 Å². The standard InChI is InChI=1S/C20H19N5O2S2/c1-13-6-9-28-17(13)11-25-18(5-8-22-25)23-19(26)16-4-3-7-21-20(16)29-12-15-10-14(2)27-24-15/h3-10H,11-12H2,1-2H3,(H,23,26). The highest BCUT2D eigenvalue weighted by atomic mass is 32.2. The molecule has 0 bridgehead atoms. The van der Waals surface area contributed by atoms with Crippen LogP contribution in [0.4, 0.5) is 5.82 Å². The summed E-state index contributed by atoms with van der Waals surface area (Å²) >= 11 is 3.13. The summed E-state index contributed by atoms with van der Waals surface area (Å²) in [4.78, 5) is 18.5. The third-order valence-corrected chi connectivity index (χ3v) is 6.32. The maximum absolute atomic E-state index is 12.9. The summed E-state index contributed by atoms with van der Waals surface area (Å²) in [6, 6.07) is 9.27. The van der Waals surface area contributed by atoms with Gasteiger partial charge in [0.05, 0.1) is 24.0 Å². The molecular weight excluding hydrogens is 406 g/mol. The molecule has 0 aliphatic rings. The number of aromatic nitrogens is 4. The highest BCUT2D eigenvalue weighted by Gasteiger charge is 2.16. The fourth-order valence-electron chi connectivity index (χ4n) is 2.76. The molecule has 1 amide bonds. The maximum Gasteiger partial charge on any atom is 0.259 e. The van der Waals surface area contributed by atoms with Crippen LogP contribution in [-0.4, -0.2) is 25.8 Å². The van der Waals surface area contributed by atoms with Gasteiger partial charge in [-0.1, -0.05) is 16.9 Å². The van der Waals surface area contributed by atoms with Gasteiger partial charge in [-0.25, -0.2) is 9.67 Å². The second-order valence-electron chi connectivity index (χ2n) is 6.43. The fourth-order valence-corrected chi connectivity index (χ4v) is 4.52. The van der Waals surface area contributed by atoms with Crippen molar-refractivity contribution in [2.45, 2.75) is 31.2 Å². The van der Waals surface area contributed by atoms with Gasteiger partial charge in [-0.2, -0.15) is 5.10 Å². The number of anilines is 1. The topological polar surface area (TPSA) is 85.8 Å². The van der Waals surface area contributed by atoms with Crippen molar-refractivity contribution in [1.82, 2.24) is 19.9 Å². The largest absolute Gasteiger partial charge is 0.361 e.